The van der Waals surface area contributed by atoms with Crippen molar-refractivity contribution in [3.63, 3.8) is 0 Å². The summed E-state index contributed by atoms with van der Waals surface area (Å²) in [5.41, 5.74) is 0. The van der Waals surface area contributed by atoms with E-state index in [4.69, 9.17) is 10.2 Å². The minimum atomic E-state index is -0.864. The van der Waals surface area contributed by atoms with Crippen LogP contribution in [0.3, 0.4) is 0 Å². The molecular weight excluding hydrogens is 264 g/mol. The first-order chi connectivity index (χ1) is 10.2. The Kier molecular flexibility index (Phi) is 15.4. The van der Waals surface area contributed by atoms with E-state index in [1.165, 1.54) is 70.6 Å². The largest absolute Gasteiger partial charge is 0.481 e. The van der Waals surface area contributed by atoms with Gasteiger partial charge in [-0.05, 0) is 6.42 Å². The van der Waals surface area contributed by atoms with Crippen LogP contribution in [-0.2, 0) is 4.79 Å². The maximum Gasteiger partial charge on any atom is 0.308 e. The lowest BCUT2D eigenvalue weighted by Crippen LogP contribution is -2.17. The van der Waals surface area contributed by atoms with Crippen LogP contribution in [0.2, 0.25) is 0 Å². The topological polar surface area (TPSA) is 57.5 Å². The maximum absolute atomic E-state index is 10.7. The van der Waals surface area contributed by atoms with Crippen LogP contribution in [0.1, 0.15) is 96.8 Å². The van der Waals surface area contributed by atoms with Gasteiger partial charge in [0, 0.05) is 0 Å². The van der Waals surface area contributed by atoms with Gasteiger partial charge < -0.3 is 10.2 Å². The second kappa shape index (κ2) is 15.8. The van der Waals surface area contributed by atoms with Crippen LogP contribution in [0.25, 0.3) is 0 Å². The van der Waals surface area contributed by atoms with Crippen LogP contribution >= 0.6 is 0 Å². The molecule has 0 spiro atoms. The van der Waals surface area contributed by atoms with Gasteiger partial charge in [0.05, 0.1) is 12.5 Å². The first-order valence-electron chi connectivity index (χ1n) is 9.06. The summed E-state index contributed by atoms with van der Waals surface area (Å²) in [7, 11) is 0. The number of carbonyl (C=O) groups is 1. The van der Waals surface area contributed by atoms with Crippen LogP contribution in [0.4, 0.5) is 0 Å². The Morgan fingerprint density at radius 1 is 0.762 bits per heavy atom. The summed E-state index contributed by atoms with van der Waals surface area (Å²) < 4.78 is 0. The molecule has 0 saturated carbocycles. The number of carboxylic acids is 1. The fourth-order valence-corrected chi connectivity index (χ4v) is 2.70. The molecule has 0 bridgehead atoms. The molecule has 0 amide bonds. The summed E-state index contributed by atoms with van der Waals surface area (Å²) in [4.78, 5) is 10.7. The molecule has 0 aliphatic rings. The van der Waals surface area contributed by atoms with Gasteiger partial charge in [0.2, 0.25) is 0 Å². The van der Waals surface area contributed by atoms with Crippen molar-refractivity contribution in [2.45, 2.75) is 96.8 Å². The van der Waals surface area contributed by atoms with Crippen LogP contribution in [-0.4, -0.2) is 22.8 Å². The Morgan fingerprint density at radius 2 is 1.14 bits per heavy atom. The Hall–Kier alpha value is -0.570. The van der Waals surface area contributed by atoms with E-state index >= 15 is 0 Å². The number of hydrogen-bond donors (Lipinski definition) is 2. The predicted octanol–water partition coefficient (Wildman–Crippen LogP) is 5.16. The smallest absolute Gasteiger partial charge is 0.308 e. The third-order valence-electron chi connectivity index (χ3n) is 4.23. The number of hydrogen-bond acceptors (Lipinski definition) is 2. The molecule has 0 aromatic carbocycles. The SMILES string of the molecule is CCCCCCCCCCCCCCCC(CO)C(=O)O. The van der Waals surface area contributed by atoms with Crippen LogP contribution in [0.15, 0.2) is 0 Å². The van der Waals surface area contributed by atoms with Crippen molar-refractivity contribution in [2.24, 2.45) is 5.92 Å². The van der Waals surface area contributed by atoms with Gasteiger partial charge in [0.25, 0.3) is 0 Å². The summed E-state index contributed by atoms with van der Waals surface area (Å²) in [5, 5.41) is 17.7. The van der Waals surface area contributed by atoms with Crippen molar-refractivity contribution in [2.75, 3.05) is 6.61 Å². The normalized spacial score (nSPS) is 12.5. The fourth-order valence-electron chi connectivity index (χ4n) is 2.70. The molecular formula is C18H36O3. The molecule has 0 rings (SSSR count). The predicted molar refractivity (Wildman–Crippen MR) is 88.5 cm³/mol. The molecule has 2 N–H and O–H groups in total. The minimum Gasteiger partial charge on any atom is -0.481 e. The second-order valence-electron chi connectivity index (χ2n) is 6.25. The van der Waals surface area contributed by atoms with Crippen LogP contribution in [0.5, 0.6) is 0 Å². The molecule has 1 unspecified atom stereocenters. The van der Waals surface area contributed by atoms with Crippen molar-refractivity contribution in [3.05, 3.63) is 0 Å². The summed E-state index contributed by atoms with van der Waals surface area (Å²) in [6.45, 7) is 2.03. The van der Waals surface area contributed by atoms with E-state index in [1.54, 1.807) is 0 Å². The van der Waals surface area contributed by atoms with E-state index in [1.807, 2.05) is 0 Å². The van der Waals surface area contributed by atoms with Crippen molar-refractivity contribution in [3.8, 4) is 0 Å². The molecule has 0 fully saturated rings. The average molecular weight is 300 g/mol. The van der Waals surface area contributed by atoms with Gasteiger partial charge >= 0.3 is 5.97 Å². The number of aliphatic hydroxyl groups excluding tert-OH is 1. The third kappa shape index (κ3) is 14.1. The molecule has 0 saturated heterocycles. The molecule has 0 aliphatic carbocycles. The van der Waals surface area contributed by atoms with Crippen LogP contribution < -0.4 is 0 Å². The van der Waals surface area contributed by atoms with Crippen molar-refractivity contribution < 1.29 is 15.0 Å². The summed E-state index contributed by atoms with van der Waals surface area (Å²) in [6, 6.07) is 0. The number of rotatable bonds is 16. The van der Waals surface area contributed by atoms with E-state index in [2.05, 4.69) is 6.92 Å². The highest BCUT2D eigenvalue weighted by molar-refractivity contribution is 5.69. The van der Waals surface area contributed by atoms with Gasteiger partial charge in [-0.15, -0.1) is 0 Å². The molecule has 1 atom stereocenters. The first-order valence-corrected chi connectivity index (χ1v) is 9.06. The average Bonchev–Trinajstić information content (AvgIpc) is 2.47. The Labute approximate surface area is 131 Å². The standard InChI is InChI=1S/C18H36O3/c1-2-3-4-5-6-7-8-9-10-11-12-13-14-15-17(16-19)18(20)21/h17,19H,2-16H2,1H3,(H,20,21). The van der Waals surface area contributed by atoms with E-state index in [-0.39, 0.29) is 6.61 Å². The third-order valence-corrected chi connectivity index (χ3v) is 4.23. The fraction of sp³-hybridized carbons (Fsp3) is 0.944. The molecule has 3 heteroatoms. The van der Waals surface area contributed by atoms with E-state index in [0.717, 1.165) is 12.8 Å². The molecule has 0 aromatic rings. The Balaban J connectivity index is 3.14. The molecule has 3 nitrogen and oxygen atoms in total. The van der Waals surface area contributed by atoms with E-state index in [9.17, 15) is 4.79 Å². The molecule has 0 radical (unpaired) electrons. The maximum atomic E-state index is 10.7. The zero-order valence-corrected chi connectivity index (χ0v) is 14.0. The summed E-state index contributed by atoms with van der Waals surface area (Å²) in [6.07, 6.45) is 17.5. The molecule has 21 heavy (non-hydrogen) atoms. The molecule has 126 valence electrons. The van der Waals surface area contributed by atoms with Crippen LogP contribution in [0, 0.1) is 5.92 Å². The Morgan fingerprint density at radius 3 is 1.48 bits per heavy atom. The highest BCUT2D eigenvalue weighted by Crippen LogP contribution is 2.14. The number of aliphatic carboxylic acids is 1. The Bertz CT molecular complexity index is 229. The summed E-state index contributed by atoms with van der Waals surface area (Å²) in [5.74, 6) is -1.42. The van der Waals surface area contributed by atoms with Crippen molar-refractivity contribution >= 4 is 5.97 Å². The van der Waals surface area contributed by atoms with Gasteiger partial charge in [-0.3, -0.25) is 4.79 Å². The lowest BCUT2D eigenvalue weighted by molar-refractivity contribution is -0.143. The van der Waals surface area contributed by atoms with Crippen molar-refractivity contribution in [1.29, 1.82) is 0 Å². The van der Waals surface area contributed by atoms with Gasteiger partial charge in [-0.1, -0.05) is 90.4 Å². The lowest BCUT2D eigenvalue weighted by atomic mass is 10.0. The lowest BCUT2D eigenvalue weighted by Gasteiger charge is -2.08. The highest BCUT2D eigenvalue weighted by Gasteiger charge is 2.14. The monoisotopic (exact) mass is 300 g/mol. The van der Waals surface area contributed by atoms with E-state index in [0.29, 0.717) is 6.42 Å². The van der Waals surface area contributed by atoms with Gasteiger partial charge in [0.15, 0.2) is 0 Å². The van der Waals surface area contributed by atoms with Gasteiger partial charge in [-0.2, -0.15) is 0 Å². The molecule has 0 aromatic heterocycles. The van der Waals surface area contributed by atoms with Gasteiger partial charge in [-0.25, -0.2) is 0 Å². The highest BCUT2D eigenvalue weighted by atomic mass is 16.4. The number of carboxylic acid groups (broad SMARTS) is 1. The zero-order chi connectivity index (χ0) is 15.8. The number of unbranched alkanes of at least 4 members (excludes halogenated alkanes) is 12. The molecule has 0 heterocycles. The second-order valence-corrected chi connectivity index (χ2v) is 6.25. The van der Waals surface area contributed by atoms with E-state index < -0.39 is 11.9 Å². The zero-order valence-electron chi connectivity index (χ0n) is 14.0. The quantitative estimate of drug-likeness (QED) is 0.387. The minimum absolute atomic E-state index is 0.229. The summed E-state index contributed by atoms with van der Waals surface area (Å²) >= 11 is 0. The van der Waals surface area contributed by atoms with Gasteiger partial charge in [0.1, 0.15) is 0 Å². The van der Waals surface area contributed by atoms with Crippen molar-refractivity contribution in [1.82, 2.24) is 0 Å². The first kappa shape index (κ1) is 20.4. The molecule has 0 aliphatic heterocycles. The number of aliphatic hydroxyl groups is 1.